The lowest BCUT2D eigenvalue weighted by Gasteiger charge is -2.19. The number of pyridine rings is 1. The summed E-state index contributed by atoms with van der Waals surface area (Å²) in [5.74, 6) is -0.339. The van der Waals surface area contributed by atoms with Crippen molar-refractivity contribution >= 4 is 27.8 Å². The SMILES string of the molecule is CC(C)(C)c1ccc(COC(=O)Cn2c3ccccc3c(=O)c3ccccc32)cc1. The Balaban J connectivity index is 1.59. The fourth-order valence-corrected chi connectivity index (χ4v) is 3.69. The molecule has 4 nitrogen and oxygen atoms in total. The first-order valence-electron chi connectivity index (χ1n) is 10.1. The maximum Gasteiger partial charge on any atom is 0.326 e. The van der Waals surface area contributed by atoms with Gasteiger partial charge in [-0.3, -0.25) is 9.59 Å². The number of carbonyl (C=O) groups is 1. The third-order valence-corrected chi connectivity index (χ3v) is 5.39. The van der Waals surface area contributed by atoms with Gasteiger partial charge in [0.15, 0.2) is 5.43 Å². The van der Waals surface area contributed by atoms with Crippen LogP contribution in [0.5, 0.6) is 0 Å². The molecule has 1 aromatic heterocycles. The van der Waals surface area contributed by atoms with Gasteiger partial charge in [-0.25, -0.2) is 0 Å². The Bertz CT molecular complexity index is 1220. The zero-order valence-corrected chi connectivity index (χ0v) is 17.5. The summed E-state index contributed by atoms with van der Waals surface area (Å²) in [5.41, 5.74) is 3.71. The number of rotatable bonds is 4. The van der Waals surface area contributed by atoms with Gasteiger partial charge in [-0.05, 0) is 40.8 Å². The number of aromatic nitrogens is 1. The molecule has 1 heterocycles. The highest BCUT2D eigenvalue weighted by atomic mass is 16.5. The second-order valence-corrected chi connectivity index (χ2v) is 8.56. The average Bonchev–Trinajstić information content (AvgIpc) is 2.75. The van der Waals surface area contributed by atoms with Crippen LogP contribution in [0.15, 0.2) is 77.6 Å². The summed E-state index contributed by atoms with van der Waals surface area (Å²) in [6, 6.07) is 22.9. The van der Waals surface area contributed by atoms with Crippen LogP contribution in [-0.4, -0.2) is 10.5 Å². The molecular weight excluding hydrogens is 374 g/mol. The zero-order valence-electron chi connectivity index (χ0n) is 17.5. The number of carbonyl (C=O) groups excluding carboxylic acids is 1. The first kappa shape index (κ1) is 19.9. The number of nitrogens with zero attached hydrogens (tertiary/aromatic N) is 1. The van der Waals surface area contributed by atoms with Crippen molar-refractivity contribution in [2.75, 3.05) is 0 Å². The minimum atomic E-state index is -0.339. The molecule has 0 radical (unpaired) electrons. The standard InChI is InChI=1S/C26H25NO3/c1-26(2,3)19-14-12-18(13-15-19)17-30-24(28)16-27-22-10-6-4-8-20(22)25(29)21-9-5-7-11-23(21)27/h4-15H,16-17H2,1-3H3. The predicted molar refractivity (Wildman–Crippen MR) is 121 cm³/mol. The van der Waals surface area contributed by atoms with Gasteiger partial charge in [0, 0.05) is 10.8 Å². The van der Waals surface area contributed by atoms with E-state index in [-0.39, 0.29) is 30.0 Å². The first-order chi connectivity index (χ1) is 14.3. The van der Waals surface area contributed by atoms with Crippen molar-refractivity contribution in [1.29, 1.82) is 0 Å². The van der Waals surface area contributed by atoms with Gasteiger partial charge in [0.05, 0.1) is 11.0 Å². The summed E-state index contributed by atoms with van der Waals surface area (Å²) < 4.78 is 7.41. The molecule has 0 aliphatic rings. The lowest BCUT2D eigenvalue weighted by molar-refractivity contribution is -0.145. The number of hydrogen-bond acceptors (Lipinski definition) is 3. The molecule has 4 heteroatoms. The molecule has 0 amide bonds. The molecule has 0 spiro atoms. The Morgan fingerprint density at radius 1 is 0.833 bits per heavy atom. The molecule has 0 aliphatic heterocycles. The van der Waals surface area contributed by atoms with Gasteiger partial charge >= 0.3 is 5.97 Å². The molecule has 0 saturated carbocycles. The van der Waals surface area contributed by atoms with Crippen LogP contribution in [0.25, 0.3) is 21.8 Å². The van der Waals surface area contributed by atoms with Crippen LogP contribution in [0.3, 0.4) is 0 Å². The van der Waals surface area contributed by atoms with Gasteiger partial charge in [0.1, 0.15) is 13.2 Å². The van der Waals surface area contributed by atoms with Crippen molar-refractivity contribution in [3.63, 3.8) is 0 Å². The summed E-state index contributed by atoms with van der Waals surface area (Å²) in [6.45, 7) is 6.77. The molecule has 0 saturated heterocycles. The Kier molecular flexibility index (Phi) is 5.17. The number of fused-ring (bicyclic) bond motifs is 2. The van der Waals surface area contributed by atoms with E-state index in [2.05, 4.69) is 32.9 Å². The van der Waals surface area contributed by atoms with E-state index in [0.29, 0.717) is 10.8 Å². The molecule has 30 heavy (non-hydrogen) atoms. The van der Waals surface area contributed by atoms with Gasteiger partial charge in [-0.2, -0.15) is 0 Å². The number of para-hydroxylation sites is 2. The molecule has 0 bridgehead atoms. The van der Waals surface area contributed by atoms with Crippen molar-refractivity contribution in [3.8, 4) is 0 Å². The van der Waals surface area contributed by atoms with E-state index in [1.165, 1.54) is 5.56 Å². The van der Waals surface area contributed by atoms with Crippen molar-refractivity contribution in [2.45, 2.75) is 39.3 Å². The van der Waals surface area contributed by atoms with Crippen molar-refractivity contribution in [1.82, 2.24) is 4.57 Å². The number of hydrogen-bond donors (Lipinski definition) is 0. The van der Waals surface area contributed by atoms with Crippen LogP contribution in [0, 0.1) is 0 Å². The maximum atomic E-state index is 12.8. The van der Waals surface area contributed by atoms with Crippen molar-refractivity contribution in [2.24, 2.45) is 0 Å². The largest absolute Gasteiger partial charge is 0.459 e. The highest BCUT2D eigenvalue weighted by molar-refractivity contribution is 5.94. The second kappa shape index (κ2) is 7.79. The van der Waals surface area contributed by atoms with Crippen LogP contribution in [0.1, 0.15) is 31.9 Å². The first-order valence-corrected chi connectivity index (χ1v) is 10.1. The summed E-state index contributed by atoms with van der Waals surface area (Å²) in [4.78, 5) is 25.5. The smallest absolute Gasteiger partial charge is 0.326 e. The van der Waals surface area contributed by atoms with Crippen LogP contribution in [0.2, 0.25) is 0 Å². The molecule has 152 valence electrons. The summed E-state index contributed by atoms with van der Waals surface area (Å²) in [6.07, 6.45) is 0. The van der Waals surface area contributed by atoms with Crippen molar-refractivity contribution < 1.29 is 9.53 Å². The molecule has 0 fully saturated rings. The van der Waals surface area contributed by atoms with Gasteiger partial charge < -0.3 is 9.30 Å². The number of ether oxygens (including phenoxy) is 1. The molecule has 0 unspecified atom stereocenters. The Morgan fingerprint density at radius 3 is 1.90 bits per heavy atom. The van der Waals surface area contributed by atoms with Gasteiger partial charge in [-0.1, -0.05) is 69.3 Å². The van der Waals surface area contributed by atoms with E-state index in [0.717, 1.165) is 16.6 Å². The number of esters is 1. The fourth-order valence-electron chi connectivity index (χ4n) is 3.69. The topological polar surface area (TPSA) is 48.3 Å². The molecule has 4 rings (SSSR count). The Morgan fingerprint density at radius 2 is 1.37 bits per heavy atom. The minimum absolute atomic E-state index is 0.0234. The third-order valence-electron chi connectivity index (χ3n) is 5.39. The molecule has 0 atom stereocenters. The summed E-state index contributed by atoms with van der Waals surface area (Å²) in [5, 5.41) is 1.20. The van der Waals surface area contributed by atoms with Crippen molar-refractivity contribution in [3.05, 3.63) is 94.1 Å². The van der Waals surface area contributed by atoms with E-state index < -0.39 is 0 Å². The Hall–Kier alpha value is -3.40. The highest BCUT2D eigenvalue weighted by Gasteiger charge is 2.15. The van der Waals surface area contributed by atoms with Gasteiger partial charge in [0.2, 0.25) is 0 Å². The van der Waals surface area contributed by atoms with E-state index in [1.54, 1.807) is 12.1 Å². The van der Waals surface area contributed by atoms with Gasteiger partial charge in [0.25, 0.3) is 0 Å². The monoisotopic (exact) mass is 399 g/mol. The van der Waals surface area contributed by atoms with E-state index in [9.17, 15) is 9.59 Å². The second-order valence-electron chi connectivity index (χ2n) is 8.56. The van der Waals surface area contributed by atoms with Crippen LogP contribution in [-0.2, 0) is 28.1 Å². The number of benzene rings is 3. The lowest BCUT2D eigenvalue weighted by Crippen LogP contribution is -2.18. The van der Waals surface area contributed by atoms with Crippen LogP contribution in [0.4, 0.5) is 0 Å². The highest BCUT2D eigenvalue weighted by Crippen LogP contribution is 2.23. The maximum absolute atomic E-state index is 12.8. The van der Waals surface area contributed by atoms with E-state index in [4.69, 9.17) is 4.74 Å². The Labute approximate surface area is 175 Å². The average molecular weight is 399 g/mol. The van der Waals surface area contributed by atoms with Crippen LogP contribution >= 0.6 is 0 Å². The molecule has 0 aliphatic carbocycles. The molecule has 0 N–H and O–H groups in total. The summed E-state index contributed by atoms with van der Waals surface area (Å²) >= 11 is 0. The third kappa shape index (κ3) is 3.86. The fraction of sp³-hybridized carbons (Fsp3) is 0.231. The van der Waals surface area contributed by atoms with E-state index in [1.807, 2.05) is 53.1 Å². The zero-order chi connectivity index (χ0) is 21.3. The minimum Gasteiger partial charge on any atom is -0.459 e. The molecular formula is C26H25NO3. The van der Waals surface area contributed by atoms with Crippen LogP contribution < -0.4 is 5.43 Å². The molecule has 3 aromatic carbocycles. The summed E-state index contributed by atoms with van der Waals surface area (Å²) in [7, 11) is 0. The van der Waals surface area contributed by atoms with Gasteiger partial charge in [-0.15, -0.1) is 0 Å². The van der Waals surface area contributed by atoms with E-state index >= 15 is 0 Å². The molecule has 4 aromatic rings. The predicted octanol–water partition coefficient (Wildman–Crippen LogP) is 5.20. The normalized spacial score (nSPS) is 11.7. The quantitative estimate of drug-likeness (QED) is 0.350. The lowest BCUT2D eigenvalue weighted by atomic mass is 9.87.